The van der Waals surface area contributed by atoms with Crippen molar-refractivity contribution >= 4 is 0 Å². The molecule has 76 valence electrons. The summed E-state index contributed by atoms with van der Waals surface area (Å²) in [6, 6.07) is 2.23. The number of nitrogens with zero attached hydrogens (tertiary/aromatic N) is 2. The molecule has 14 heavy (non-hydrogen) atoms. The number of ether oxygens (including phenoxy) is 1. The maximum Gasteiger partial charge on any atom is 0.233 e. The molecular formula is C10H15N3O. The second kappa shape index (κ2) is 3.92. The minimum absolute atomic E-state index is 0.265. The van der Waals surface area contributed by atoms with Crippen molar-refractivity contribution in [1.82, 2.24) is 10.2 Å². The van der Waals surface area contributed by atoms with E-state index in [2.05, 4.69) is 10.2 Å². The predicted molar refractivity (Wildman–Crippen MR) is 53.2 cm³/mol. The van der Waals surface area contributed by atoms with Crippen LogP contribution in [0.4, 0.5) is 0 Å². The van der Waals surface area contributed by atoms with Crippen molar-refractivity contribution in [2.45, 2.75) is 32.2 Å². The summed E-state index contributed by atoms with van der Waals surface area (Å²) in [7, 11) is 0. The van der Waals surface area contributed by atoms with Crippen molar-refractivity contribution in [2.75, 3.05) is 6.61 Å². The van der Waals surface area contributed by atoms with Gasteiger partial charge in [-0.2, -0.15) is 5.10 Å². The second-order valence-corrected chi connectivity index (χ2v) is 3.59. The van der Waals surface area contributed by atoms with Gasteiger partial charge in [0.25, 0.3) is 0 Å². The normalized spacial score (nSPS) is 20.3. The zero-order valence-corrected chi connectivity index (χ0v) is 8.36. The number of nitrogens with two attached hydrogens (primary N) is 1. The van der Waals surface area contributed by atoms with E-state index in [1.807, 2.05) is 13.0 Å². The number of fused-ring (bicyclic) bond motifs is 1. The summed E-state index contributed by atoms with van der Waals surface area (Å²) in [5.74, 6) is 0.611. The lowest BCUT2D eigenvalue weighted by Crippen LogP contribution is -2.28. The van der Waals surface area contributed by atoms with Crippen LogP contribution in [0, 0.1) is 0 Å². The third-order valence-electron chi connectivity index (χ3n) is 2.46. The first-order valence-electron chi connectivity index (χ1n) is 5.03. The molecule has 2 rings (SSSR count). The largest absolute Gasteiger partial charge is 0.477 e. The zero-order chi connectivity index (χ0) is 9.97. The fourth-order valence-electron chi connectivity index (χ4n) is 1.75. The molecule has 0 aromatic carbocycles. The number of aromatic nitrogens is 2. The van der Waals surface area contributed by atoms with Crippen LogP contribution in [0.2, 0.25) is 0 Å². The third kappa shape index (κ3) is 1.85. The Morgan fingerprint density at radius 3 is 3.21 bits per heavy atom. The van der Waals surface area contributed by atoms with Gasteiger partial charge in [0, 0.05) is 12.1 Å². The van der Waals surface area contributed by atoms with E-state index in [-0.39, 0.29) is 6.04 Å². The van der Waals surface area contributed by atoms with Gasteiger partial charge < -0.3 is 10.5 Å². The molecule has 0 spiro atoms. The molecule has 1 aliphatic rings. The summed E-state index contributed by atoms with van der Waals surface area (Å²) in [4.78, 5) is 0. The molecular weight excluding hydrogens is 178 g/mol. The van der Waals surface area contributed by atoms with Crippen LogP contribution in [-0.4, -0.2) is 22.8 Å². The summed E-state index contributed by atoms with van der Waals surface area (Å²) >= 11 is 0. The molecule has 0 saturated carbocycles. The fourth-order valence-corrected chi connectivity index (χ4v) is 1.75. The second-order valence-electron chi connectivity index (χ2n) is 3.59. The first-order chi connectivity index (χ1) is 6.79. The van der Waals surface area contributed by atoms with Crippen LogP contribution in [0.3, 0.4) is 0 Å². The molecule has 0 amide bonds. The van der Waals surface area contributed by atoms with Gasteiger partial charge >= 0.3 is 0 Å². The summed E-state index contributed by atoms with van der Waals surface area (Å²) in [5.41, 5.74) is 8.16. The Morgan fingerprint density at radius 1 is 1.57 bits per heavy atom. The van der Waals surface area contributed by atoms with Crippen molar-refractivity contribution in [2.24, 2.45) is 5.73 Å². The Hall–Kier alpha value is -1.16. The first-order valence-corrected chi connectivity index (χ1v) is 5.03. The number of rotatable bonds is 2. The van der Waals surface area contributed by atoms with E-state index in [9.17, 15) is 0 Å². The standard InChI is InChI=1S/C10H15N3O/c1-2-14-10-6-7-5-8(11)3-4-9(7)12-13-10/h6,8H,2-5,11H2,1H3/t8-/m1/s1. The van der Waals surface area contributed by atoms with Crippen LogP contribution in [0.1, 0.15) is 24.6 Å². The highest BCUT2D eigenvalue weighted by Gasteiger charge is 2.17. The van der Waals surface area contributed by atoms with Gasteiger partial charge in [0.05, 0.1) is 12.3 Å². The molecule has 1 aliphatic carbocycles. The van der Waals surface area contributed by atoms with Gasteiger partial charge in [0.15, 0.2) is 0 Å². The van der Waals surface area contributed by atoms with Crippen molar-refractivity contribution in [1.29, 1.82) is 0 Å². The van der Waals surface area contributed by atoms with Crippen molar-refractivity contribution in [3.8, 4) is 5.88 Å². The Kier molecular flexibility index (Phi) is 2.63. The van der Waals surface area contributed by atoms with E-state index < -0.39 is 0 Å². The molecule has 4 heteroatoms. The van der Waals surface area contributed by atoms with Gasteiger partial charge in [-0.3, -0.25) is 0 Å². The lowest BCUT2D eigenvalue weighted by atomic mass is 9.93. The van der Waals surface area contributed by atoms with Crippen LogP contribution in [0.5, 0.6) is 5.88 Å². The monoisotopic (exact) mass is 193 g/mol. The maximum absolute atomic E-state index is 5.88. The zero-order valence-electron chi connectivity index (χ0n) is 8.36. The minimum Gasteiger partial charge on any atom is -0.477 e. The Bertz CT molecular complexity index is 327. The quantitative estimate of drug-likeness (QED) is 0.750. The van der Waals surface area contributed by atoms with Crippen LogP contribution in [0.15, 0.2) is 6.07 Å². The van der Waals surface area contributed by atoms with Gasteiger partial charge in [-0.05, 0) is 31.7 Å². The predicted octanol–water partition coefficient (Wildman–Crippen LogP) is 0.691. The minimum atomic E-state index is 0.265. The lowest BCUT2D eigenvalue weighted by molar-refractivity contribution is 0.320. The van der Waals surface area contributed by atoms with E-state index in [1.165, 1.54) is 5.56 Å². The highest BCUT2D eigenvalue weighted by atomic mass is 16.5. The SMILES string of the molecule is CCOc1cc2c(nn1)CC[C@@H](N)C2. The molecule has 0 unspecified atom stereocenters. The van der Waals surface area contributed by atoms with E-state index in [1.54, 1.807) is 0 Å². The summed E-state index contributed by atoms with van der Waals surface area (Å²) in [6.45, 7) is 2.56. The average Bonchev–Trinajstić information content (AvgIpc) is 2.17. The van der Waals surface area contributed by atoms with E-state index in [4.69, 9.17) is 10.5 Å². The summed E-state index contributed by atoms with van der Waals surface area (Å²) in [6.07, 6.45) is 2.84. The fraction of sp³-hybridized carbons (Fsp3) is 0.600. The molecule has 4 nitrogen and oxygen atoms in total. The Labute approximate surface area is 83.5 Å². The van der Waals surface area contributed by atoms with Gasteiger partial charge in [0.2, 0.25) is 5.88 Å². The number of hydrogen-bond acceptors (Lipinski definition) is 4. The van der Waals surface area contributed by atoms with Crippen molar-refractivity contribution in [3.63, 3.8) is 0 Å². The highest BCUT2D eigenvalue weighted by Crippen LogP contribution is 2.20. The molecule has 1 heterocycles. The van der Waals surface area contributed by atoms with E-state index in [0.717, 1.165) is 25.0 Å². The Morgan fingerprint density at radius 2 is 2.43 bits per heavy atom. The molecule has 0 radical (unpaired) electrons. The van der Waals surface area contributed by atoms with Crippen molar-refractivity contribution < 1.29 is 4.74 Å². The molecule has 0 bridgehead atoms. The van der Waals surface area contributed by atoms with E-state index >= 15 is 0 Å². The topological polar surface area (TPSA) is 61.0 Å². The van der Waals surface area contributed by atoms with Crippen molar-refractivity contribution in [3.05, 3.63) is 17.3 Å². The van der Waals surface area contributed by atoms with E-state index in [0.29, 0.717) is 12.5 Å². The summed E-state index contributed by atoms with van der Waals surface area (Å²) < 4.78 is 5.29. The highest BCUT2D eigenvalue weighted by molar-refractivity contribution is 5.27. The van der Waals surface area contributed by atoms with Gasteiger partial charge in [-0.25, -0.2) is 0 Å². The molecule has 1 aromatic rings. The van der Waals surface area contributed by atoms with Crippen LogP contribution in [-0.2, 0) is 12.8 Å². The third-order valence-corrected chi connectivity index (χ3v) is 2.46. The smallest absolute Gasteiger partial charge is 0.233 e. The molecule has 0 aliphatic heterocycles. The molecule has 1 atom stereocenters. The molecule has 0 fully saturated rings. The average molecular weight is 193 g/mol. The van der Waals surface area contributed by atoms with Crippen LogP contribution >= 0.6 is 0 Å². The van der Waals surface area contributed by atoms with Gasteiger partial charge in [-0.15, -0.1) is 5.10 Å². The molecule has 1 aromatic heterocycles. The maximum atomic E-state index is 5.88. The molecule has 2 N–H and O–H groups in total. The Balaban J connectivity index is 2.24. The van der Waals surface area contributed by atoms with Gasteiger partial charge in [0.1, 0.15) is 0 Å². The molecule has 0 saturated heterocycles. The number of hydrogen-bond donors (Lipinski definition) is 1. The van der Waals surface area contributed by atoms with Gasteiger partial charge in [-0.1, -0.05) is 0 Å². The van der Waals surface area contributed by atoms with Crippen LogP contribution < -0.4 is 10.5 Å². The first kappa shape index (κ1) is 9.40. The van der Waals surface area contributed by atoms with Crippen LogP contribution in [0.25, 0.3) is 0 Å². The number of aryl methyl sites for hydroxylation is 1. The lowest BCUT2D eigenvalue weighted by Gasteiger charge is -2.19. The summed E-state index contributed by atoms with van der Waals surface area (Å²) in [5, 5.41) is 8.14.